The Hall–Kier alpha value is -6.52. The van der Waals surface area contributed by atoms with Crippen LogP contribution in [0.3, 0.4) is 0 Å². The van der Waals surface area contributed by atoms with E-state index in [1.807, 2.05) is 0 Å². The Balaban J connectivity index is 0.947. The molecule has 0 bridgehead atoms. The minimum atomic E-state index is -0.0418. The molecule has 1 atom stereocenters. The Kier molecular flexibility index (Phi) is 7.67. The molecule has 5 aliphatic rings. The number of allylic oxidation sites excluding steroid dienone is 9. The molecule has 5 aliphatic carbocycles. The third kappa shape index (κ3) is 5.09. The van der Waals surface area contributed by atoms with Crippen LogP contribution in [0.4, 0.5) is 0 Å². The quantitative estimate of drug-likeness (QED) is 0.175. The van der Waals surface area contributed by atoms with Crippen LogP contribution in [0.5, 0.6) is 0 Å². The number of rotatable bonds is 5. The van der Waals surface area contributed by atoms with Gasteiger partial charge in [-0.15, -0.1) is 10.2 Å². The van der Waals surface area contributed by atoms with E-state index >= 15 is 0 Å². The maximum atomic E-state index is 5.07. The van der Waals surface area contributed by atoms with Gasteiger partial charge in [0.1, 0.15) is 0 Å². The predicted molar refractivity (Wildman–Crippen MR) is 248 cm³/mol. The van der Waals surface area contributed by atoms with Gasteiger partial charge in [0.2, 0.25) is 5.95 Å². The van der Waals surface area contributed by atoms with E-state index in [-0.39, 0.29) is 10.8 Å². The van der Waals surface area contributed by atoms with E-state index in [2.05, 4.69) is 189 Å². The molecule has 2 aromatic heterocycles. The zero-order chi connectivity index (χ0) is 40.3. The number of fused-ring (bicyclic) bond motifs is 9. The second kappa shape index (κ2) is 13.0. The van der Waals surface area contributed by atoms with Gasteiger partial charge >= 0.3 is 0 Å². The van der Waals surface area contributed by atoms with Crippen molar-refractivity contribution >= 4 is 28.2 Å². The van der Waals surface area contributed by atoms with Crippen LogP contribution in [-0.2, 0) is 17.3 Å². The minimum absolute atomic E-state index is 0.0418. The molecule has 5 aromatic carbocycles. The molecule has 60 heavy (non-hydrogen) atoms. The van der Waals surface area contributed by atoms with Gasteiger partial charge in [-0.25, -0.2) is 0 Å². The molecule has 0 radical (unpaired) electrons. The van der Waals surface area contributed by atoms with E-state index in [1.54, 1.807) is 0 Å². The Morgan fingerprint density at radius 3 is 2.13 bits per heavy atom. The average molecular weight is 777 g/mol. The molecule has 7 aromatic rings. The highest BCUT2D eigenvalue weighted by atomic mass is 15.4. The van der Waals surface area contributed by atoms with Gasteiger partial charge in [-0.1, -0.05) is 155 Å². The summed E-state index contributed by atoms with van der Waals surface area (Å²) >= 11 is 0. The first-order valence-corrected chi connectivity index (χ1v) is 21.8. The average Bonchev–Trinajstić information content (AvgIpc) is 4.00. The molecule has 0 fully saturated rings. The molecule has 0 saturated heterocycles. The second-order valence-electron chi connectivity index (χ2n) is 18.5. The normalized spacial score (nSPS) is 19.1. The van der Waals surface area contributed by atoms with Gasteiger partial charge in [-0.2, -0.15) is 0 Å². The molecule has 1 unspecified atom stereocenters. The SMILES string of the molecule is CC1(C)c2ccccc2-c2ccc(-c3ccc(-c4nnc(-n5c6c(c7ccccc75)CCC=C6)n4C4=CC=C(C5=CC=C6c7ccccc7C(C)(C)C6C5)CC4)cc3)cc21. The first-order valence-electron chi connectivity index (χ1n) is 21.8. The van der Waals surface area contributed by atoms with Crippen molar-refractivity contribution < 1.29 is 0 Å². The monoisotopic (exact) mass is 776 g/mol. The standard InChI is InChI=1S/C56H48N4/c1-55(2)47-17-9-5-13-41(47)43-31-27-38(33-49(43)55)35-21-23-37(24-22-35)53-57-58-54(60-51-19-11-7-15-45(51)46-16-8-12-20-52(46)60)59(53)40-29-25-36(26-30-40)39-28-32-44-42-14-6-10-18-48(42)56(3,4)50(44)34-39/h5-7,9-15,17-25,27-29,31-33,50H,8,16,26,30,34H2,1-4H3. The third-order valence-electron chi connectivity index (χ3n) is 14.7. The lowest BCUT2D eigenvalue weighted by molar-refractivity contribution is 0.408. The van der Waals surface area contributed by atoms with Gasteiger partial charge in [-0.3, -0.25) is 9.13 Å². The van der Waals surface area contributed by atoms with Gasteiger partial charge in [-0.05, 0) is 135 Å². The number of nitrogens with zero attached hydrogens (tertiary/aromatic N) is 4. The predicted octanol–water partition coefficient (Wildman–Crippen LogP) is 13.7. The van der Waals surface area contributed by atoms with Crippen LogP contribution in [0.1, 0.15) is 86.9 Å². The Labute approximate surface area is 352 Å². The van der Waals surface area contributed by atoms with Gasteiger partial charge < -0.3 is 0 Å². The molecule has 0 amide bonds. The number of para-hydroxylation sites is 1. The van der Waals surface area contributed by atoms with Crippen LogP contribution < -0.4 is 0 Å². The molecular weight excluding hydrogens is 729 g/mol. The summed E-state index contributed by atoms with van der Waals surface area (Å²) in [6.07, 6.45) is 19.1. The van der Waals surface area contributed by atoms with Crippen LogP contribution >= 0.6 is 0 Å². The van der Waals surface area contributed by atoms with E-state index in [4.69, 9.17) is 10.2 Å². The molecule has 4 heteroatoms. The number of aromatic nitrogens is 4. The summed E-state index contributed by atoms with van der Waals surface area (Å²) < 4.78 is 4.70. The van der Waals surface area contributed by atoms with E-state index in [0.29, 0.717) is 5.92 Å². The molecule has 0 aliphatic heterocycles. The molecule has 2 heterocycles. The summed E-state index contributed by atoms with van der Waals surface area (Å²) in [6, 6.07) is 42.7. The molecular formula is C56H48N4. The molecule has 0 spiro atoms. The summed E-state index contributed by atoms with van der Waals surface area (Å²) in [5.74, 6) is 2.20. The Morgan fingerprint density at radius 1 is 0.583 bits per heavy atom. The maximum Gasteiger partial charge on any atom is 0.241 e. The van der Waals surface area contributed by atoms with Crippen LogP contribution in [-0.4, -0.2) is 19.3 Å². The largest absolute Gasteiger partial charge is 0.278 e. The number of hydrogen-bond donors (Lipinski definition) is 0. The molecule has 12 rings (SSSR count). The van der Waals surface area contributed by atoms with Gasteiger partial charge in [0.05, 0.1) is 11.2 Å². The fourth-order valence-electron chi connectivity index (χ4n) is 11.4. The lowest BCUT2D eigenvalue weighted by Crippen LogP contribution is -2.25. The van der Waals surface area contributed by atoms with Crippen molar-refractivity contribution in [3.63, 3.8) is 0 Å². The lowest BCUT2D eigenvalue weighted by Gasteiger charge is -2.32. The van der Waals surface area contributed by atoms with E-state index in [1.165, 1.54) is 89.1 Å². The summed E-state index contributed by atoms with van der Waals surface area (Å²) in [6.45, 7) is 9.56. The Morgan fingerprint density at radius 2 is 1.30 bits per heavy atom. The van der Waals surface area contributed by atoms with E-state index in [0.717, 1.165) is 49.4 Å². The number of hydrogen-bond acceptors (Lipinski definition) is 2. The molecule has 0 saturated carbocycles. The zero-order valence-electron chi connectivity index (χ0n) is 34.8. The first-order chi connectivity index (χ1) is 29.3. The van der Waals surface area contributed by atoms with Crippen molar-refractivity contribution in [3.05, 3.63) is 190 Å². The van der Waals surface area contributed by atoms with Crippen molar-refractivity contribution in [1.29, 1.82) is 0 Å². The minimum Gasteiger partial charge on any atom is -0.278 e. The highest BCUT2D eigenvalue weighted by Gasteiger charge is 2.44. The summed E-state index contributed by atoms with van der Waals surface area (Å²) in [5, 5.41) is 11.4. The van der Waals surface area contributed by atoms with Crippen LogP contribution in [0, 0.1) is 5.92 Å². The highest BCUT2D eigenvalue weighted by Crippen LogP contribution is 2.55. The maximum absolute atomic E-state index is 5.07. The fourth-order valence-corrected chi connectivity index (χ4v) is 11.4. The molecule has 0 N–H and O–H groups in total. The molecule has 292 valence electrons. The van der Waals surface area contributed by atoms with E-state index < -0.39 is 0 Å². The number of benzene rings is 5. The van der Waals surface area contributed by atoms with Gasteiger partial charge in [0.15, 0.2) is 5.82 Å². The highest BCUT2D eigenvalue weighted by molar-refractivity contribution is 5.91. The van der Waals surface area contributed by atoms with Crippen LogP contribution in [0.2, 0.25) is 0 Å². The Bertz CT molecular complexity index is 3110. The van der Waals surface area contributed by atoms with Crippen molar-refractivity contribution in [3.8, 4) is 39.6 Å². The van der Waals surface area contributed by atoms with Crippen molar-refractivity contribution in [2.75, 3.05) is 0 Å². The van der Waals surface area contributed by atoms with Crippen LogP contribution in [0.15, 0.2) is 157 Å². The van der Waals surface area contributed by atoms with Crippen molar-refractivity contribution in [2.45, 2.75) is 70.6 Å². The zero-order valence-corrected chi connectivity index (χ0v) is 34.8. The topological polar surface area (TPSA) is 35.6 Å². The van der Waals surface area contributed by atoms with E-state index in [9.17, 15) is 0 Å². The summed E-state index contributed by atoms with van der Waals surface area (Å²) in [4.78, 5) is 0. The smallest absolute Gasteiger partial charge is 0.241 e. The van der Waals surface area contributed by atoms with Gasteiger partial charge in [0, 0.05) is 22.1 Å². The van der Waals surface area contributed by atoms with Crippen molar-refractivity contribution in [1.82, 2.24) is 19.3 Å². The fraction of sp³-hybridized carbons (Fsp3) is 0.214. The summed E-state index contributed by atoms with van der Waals surface area (Å²) in [5.41, 5.74) is 21.3. The molecule has 4 nitrogen and oxygen atoms in total. The van der Waals surface area contributed by atoms with Gasteiger partial charge in [0.25, 0.3) is 0 Å². The summed E-state index contributed by atoms with van der Waals surface area (Å²) in [7, 11) is 0. The first kappa shape index (κ1) is 35.4. The second-order valence-corrected chi connectivity index (χ2v) is 18.5. The third-order valence-corrected chi connectivity index (χ3v) is 14.7. The van der Waals surface area contributed by atoms with Crippen LogP contribution in [0.25, 0.3) is 67.8 Å². The van der Waals surface area contributed by atoms with Crippen molar-refractivity contribution in [2.24, 2.45) is 5.92 Å². The lowest BCUT2D eigenvalue weighted by atomic mass is 9.71. The number of aryl methyl sites for hydroxylation is 1.